The number of thiophene rings is 2. The summed E-state index contributed by atoms with van der Waals surface area (Å²) in [4.78, 5) is 10.1. The van der Waals surface area contributed by atoms with Gasteiger partial charge >= 0.3 is 0 Å². The summed E-state index contributed by atoms with van der Waals surface area (Å²) in [5.41, 5.74) is 7.40. The van der Waals surface area contributed by atoms with Gasteiger partial charge in [0.2, 0.25) is 0 Å². The minimum Gasteiger partial charge on any atom is -0.354 e. The zero-order chi connectivity index (χ0) is 19.7. The van der Waals surface area contributed by atoms with Crippen LogP contribution in [0, 0.1) is 0 Å². The number of hydrogen-bond donors (Lipinski definition) is 2. The molecule has 142 valence electrons. The Morgan fingerprint density at radius 3 is 1.40 bits per heavy atom. The van der Waals surface area contributed by atoms with Gasteiger partial charge in [0.25, 0.3) is 0 Å². The van der Waals surface area contributed by atoms with Gasteiger partial charge in [0, 0.05) is 53.5 Å². The molecule has 0 saturated carbocycles. The van der Waals surface area contributed by atoms with E-state index in [-0.39, 0.29) is 0 Å². The molecule has 7 aromatic rings. The maximum absolute atomic E-state index is 3.78. The zero-order valence-corrected chi connectivity index (χ0v) is 17.5. The molecule has 0 aliphatic carbocycles. The lowest BCUT2D eigenvalue weighted by molar-refractivity contribution is 1.54. The van der Waals surface area contributed by atoms with Gasteiger partial charge in [-0.25, -0.2) is 0 Å². The number of rotatable bonds is 2. The Morgan fingerprint density at radius 2 is 0.967 bits per heavy atom. The molecule has 0 aliphatic rings. The van der Waals surface area contributed by atoms with Crippen molar-refractivity contribution < 1.29 is 0 Å². The van der Waals surface area contributed by atoms with Crippen LogP contribution in [-0.2, 0) is 0 Å². The quantitative estimate of drug-likeness (QED) is 0.281. The van der Waals surface area contributed by atoms with Crippen LogP contribution in [0.4, 0.5) is 0 Å². The lowest BCUT2D eigenvalue weighted by Gasteiger charge is -2.11. The molecule has 4 heteroatoms. The number of nitrogens with one attached hydrogen (secondary N) is 2. The molecule has 3 aromatic carbocycles. The van der Waals surface area contributed by atoms with Crippen LogP contribution in [0.2, 0.25) is 0 Å². The third-order valence-electron chi connectivity index (χ3n) is 5.95. The second-order valence-electron chi connectivity index (χ2n) is 7.55. The average Bonchev–Trinajstić information content (AvgIpc) is 3.58. The van der Waals surface area contributed by atoms with Gasteiger partial charge < -0.3 is 9.97 Å². The van der Waals surface area contributed by atoms with Crippen molar-refractivity contribution in [3.63, 3.8) is 0 Å². The third-order valence-corrected chi connectivity index (χ3v) is 7.72. The molecule has 0 radical (unpaired) electrons. The first kappa shape index (κ1) is 16.5. The molecule has 0 fully saturated rings. The fourth-order valence-corrected chi connectivity index (χ4v) is 6.33. The van der Waals surface area contributed by atoms with Crippen molar-refractivity contribution in [1.82, 2.24) is 9.97 Å². The van der Waals surface area contributed by atoms with Crippen LogP contribution in [0.1, 0.15) is 0 Å². The molecule has 0 aliphatic heterocycles. The number of aromatic amines is 2. The summed E-state index contributed by atoms with van der Waals surface area (Å²) in [5, 5.41) is 9.48. The van der Waals surface area contributed by atoms with E-state index < -0.39 is 0 Å². The Bertz CT molecular complexity index is 1550. The van der Waals surface area contributed by atoms with Crippen LogP contribution >= 0.6 is 22.7 Å². The van der Waals surface area contributed by atoms with E-state index in [9.17, 15) is 0 Å². The van der Waals surface area contributed by atoms with Crippen molar-refractivity contribution in [2.45, 2.75) is 0 Å². The molecule has 0 atom stereocenters. The summed E-state index contributed by atoms with van der Waals surface area (Å²) in [6.45, 7) is 0. The average molecular weight is 421 g/mol. The highest BCUT2D eigenvalue weighted by Crippen LogP contribution is 2.49. The van der Waals surface area contributed by atoms with Crippen LogP contribution in [0.5, 0.6) is 0 Å². The van der Waals surface area contributed by atoms with Crippen molar-refractivity contribution in [2.75, 3.05) is 0 Å². The molecular weight excluding hydrogens is 404 g/mol. The van der Waals surface area contributed by atoms with Gasteiger partial charge in [0.15, 0.2) is 0 Å². The molecule has 0 unspecified atom stereocenters. The van der Waals surface area contributed by atoms with Gasteiger partial charge in [0.1, 0.15) is 0 Å². The summed E-state index contributed by atoms with van der Waals surface area (Å²) in [6, 6.07) is 26.1. The van der Waals surface area contributed by atoms with Gasteiger partial charge in [-0.3, -0.25) is 0 Å². The van der Waals surface area contributed by atoms with E-state index >= 15 is 0 Å². The Morgan fingerprint density at radius 1 is 0.500 bits per heavy atom. The molecule has 2 nitrogen and oxygen atoms in total. The maximum Gasteiger partial charge on any atom is 0.0567 e. The van der Waals surface area contributed by atoms with Crippen LogP contribution in [0.25, 0.3) is 64.5 Å². The highest BCUT2D eigenvalue weighted by atomic mass is 32.1. The molecule has 0 saturated heterocycles. The van der Waals surface area contributed by atoms with E-state index in [0.717, 1.165) is 0 Å². The molecule has 4 aromatic heterocycles. The standard InChI is InChI=1S/C26H16N2S2/c1-3-9-17-15(7-1)21-23(19-11-5-13-29-19)26-22(16-8-2-4-10-18(16)28-26)24(25(21)27-17)20-12-6-14-30-20/h1-14,27-28H. The first-order chi connectivity index (χ1) is 14.9. The van der Waals surface area contributed by atoms with E-state index in [1.807, 2.05) is 0 Å². The van der Waals surface area contributed by atoms with E-state index in [4.69, 9.17) is 0 Å². The van der Waals surface area contributed by atoms with Gasteiger partial charge in [0.05, 0.1) is 11.0 Å². The van der Waals surface area contributed by atoms with Gasteiger partial charge in [-0.1, -0.05) is 48.5 Å². The summed E-state index contributed by atoms with van der Waals surface area (Å²) in [7, 11) is 0. The van der Waals surface area contributed by atoms with Crippen LogP contribution in [0.15, 0.2) is 83.6 Å². The molecule has 7 rings (SSSR count). The molecule has 2 N–H and O–H groups in total. The lowest BCUT2D eigenvalue weighted by atomic mass is 9.95. The Balaban J connectivity index is 1.86. The predicted octanol–water partition coefficient (Wildman–Crippen LogP) is 8.41. The van der Waals surface area contributed by atoms with Crippen molar-refractivity contribution >= 4 is 66.3 Å². The first-order valence-electron chi connectivity index (χ1n) is 9.95. The number of benzene rings is 3. The van der Waals surface area contributed by atoms with Crippen LogP contribution in [-0.4, -0.2) is 9.97 Å². The monoisotopic (exact) mass is 420 g/mol. The van der Waals surface area contributed by atoms with Crippen LogP contribution in [0.3, 0.4) is 0 Å². The normalized spacial score (nSPS) is 12.0. The second kappa shape index (κ2) is 6.08. The SMILES string of the molecule is c1csc(-c2c3[nH]c4ccccc4c3c(-c3cccs3)c3[nH]c4ccccc4c23)c1. The zero-order valence-electron chi connectivity index (χ0n) is 15.9. The minimum atomic E-state index is 1.18. The molecule has 0 amide bonds. The van der Waals surface area contributed by atoms with Gasteiger partial charge in [-0.05, 0) is 35.0 Å². The Kier molecular flexibility index (Phi) is 3.34. The Hall–Kier alpha value is -3.34. The first-order valence-corrected chi connectivity index (χ1v) is 11.7. The highest BCUT2D eigenvalue weighted by molar-refractivity contribution is 7.14. The summed E-state index contributed by atoms with van der Waals surface area (Å²) < 4.78 is 0. The maximum atomic E-state index is 3.78. The molecule has 0 spiro atoms. The summed E-state index contributed by atoms with van der Waals surface area (Å²) >= 11 is 3.60. The largest absolute Gasteiger partial charge is 0.354 e. The van der Waals surface area contributed by atoms with E-state index in [1.165, 1.54) is 64.5 Å². The fraction of sp³-hybridized carbons (Fsp3) is 0. The number of fused-ring (bicyclic) bond motifs is 6. The van der Waals surface area contributed by atoms with Crippen molar-refractivity contribution in [3.8, 4) is 20.9 Å². The molecular formula is C26H16N2S2. The smallest absolute Gasteiger partial charge is 0.0567 e. The van der Waals surface area contributed by atoms with E-state index in [0.29, 0.717) is 0 Å². The van der Waals surface area contributed by atoms with Crippen molar-refractivity contribution in [2.24, 2.45) is 0 Å². The van der Waals surface area contributed by atoms with Gasteiger partial charge in [-0.15, -0.1) is 22.7 Å². The highest BCUT2D eigenvalue weighted by Gasteiger charge is 2.23. The molecule has 30 heavy (non-hydrogen) atoms. The number of H-pyrrole nitrogens is 2. The number of para-hydroxylation sites is 2. The van der Waals surface area contributed by atoms with Crippen molar-refractivity contribution in [1.29, 1.82) is 0 Å². The third kappa shape index (κ3) is 2.12. The van der Waals surface area contributed by atoms with Gasteiger partial charge in [-0.2, -0.15) is 0 Å². The molecule has 4 heterocycles. The fourth-order valence-electron chi connectivity index (χ4n) is 4.76. The summed E-state index contributed by atoms with van der Waals surface area (Å²) in [5.74, 6) is 0. The Labute approximate surface area is 180 Å². The lowest BCUT2D eigenvalue weighted by Crippen LogP contribution is -1.86. The van der Waals surface area contributed by atoms with E-state index in [2.05, 4.69) is 93.5 Å². The summed E-state index contributed by atoms with van der Waals surface area (Å²) in [6.07, 6.45) is 0. The van der Waals surface area contributed by atoms with Crippen LogP contribution < -0.4 is 0 Å². The predicted molar refractivity (Wildman–Crippen MR) is 132 cm³/mol. The topological polar surface area (TPSA) is 31.6 Å². The second-order valence-corrected chi connectivity index (χ2v) is 9.44. The molecule has 0 bridgehead atoms. The van der Waals surface area contributed by atoms with Crippen molar-refractivity contribution in [3.05, 3.63) is 83.6 Å². The number of aromatic nitrogens is 2. The van der Waals surface area contributed by atoms with E-state index in [1.54, 1.807) is 22.7 Å². The number of hydrogen-bond acceptors (Lipinski definition) is 2. The minimum absolute atomic E-state index is 1.18.